The number of halogens is 1. The lowest BCUT2D eigenvalue weighted by molar-refractivity contribution is -0.124. The largest absolute Gasteiger partial charge is 0.326 e. The number of hydrogen-bond donors (Lipinski definition) is 4. The standard InChI is InChI=1S/C17H17ClN4O3S2/c1-10-11(18)4-2-5-12(10)19-14(23)7-8-15(24)21-22-17(26)20-16(25)13-6-3-9-27-13/h2-6,9H,7-8H2,1H3,(H,19,23)(H,21,24)(H2,20,22,25,26). The van der Waals surface area contributed by atoms with Crippen LogP contribution in [-0.2, 0) is 9.59 Å². The van der Waals surface area contributed by atoms with Crippen LogP contribution in [0.4, 0.5) is 5.69 Å². The van der Waals surface area contributed by atoms with Crippen LogP contribution in [0.5, 0.6) is 0 Å². The summed E-state index contributed by atoms with van der Waals surface area (Å²) in [5.41, 5.74) is 6.11. The average molecular weight is 425 g/mol. The Morgan fingerprint density at radius 1 is 1.07 bits per heavy atom. The molecule has 10 heteroatoms. The quantitative estimate of drug-likeness (QED) is 0.437. The molecular formula is C17H17ClN4O3S2. The van der Waals surface area contributed by atoms with Crippen molar-refractivity contribution in [3.05, 3.63) is 51.2 Å². The second-order valence-corrected chi connectivity index (χ2v) is 7.16. The molecule has 0 aliphatic rings. The zero-order valence-electron chi connectivity index (χ0n) is 14.3. The number of anilines is 1. The first-order valence-corrected chi connectivity index (χ1v) is 9.52. The van der Waals surface area contributed by atoms with Gasteiger partial charge in [0.25, 0.3) is 5.91 Å². The van der Waals surface area contributed by atoms with E-state index in [0.29, 0.717) is 15.6 Å². The molecule has 2 aromatic rings. The average Bonchev–Trinajstić information content (AvgIpc) is 3.17. The molecule has 3 amide bonds. The first-order valence-electron chi connectivity index (χ1n) is 7.85. The van der Waals surface area contributed by atoms with Crippen LogP contribution in [0.3, 0.4) is 0 Å². The van der Waals surface area contributed by atoms with Crippen LogP contribution in [0.2, 0.25) is 5.02 Å². The third-order valence-corrected chi connectivity index (χ3v) is 4.89. The molecule has 142 valence electrons. The van der Waals surface area contributed by atoms with Gasteiger partial charge in [0.2, 0.25) is 11.8 Å². The molecule has 0 bridgehead atoms. The first kappa shape index (κ1) is 20.8. The molecule has 0 radical (unpaired) electrons. The highest BCUT2D eigenvalue weighted by atomic mass is 35.5. The van der Waals surface area contributed by atoms with Crippen molar-refractivity contribution >= 4 is 63.7 Å². The van der Waals surface area contributed by atoms with Gasteiger partial charge in [-0.2, -0.15) is 0 Å². The summed E-state index contributed by atoms with van der Waals surface area (Å²) in [4.78, 5) is 36.1. The molecule has 0 atom stereocenters. The highest BCUT2D eigenvalue weighted by Gasteiger charge is 2.11. The molecule has 0 spiro atoms. The number of thiocarbonyl (C=S) groups is 1. The smallest absolute Gasteiger partial charge is 0.267 e. The van der Waals surface area contributed by atoms with Crippen LogP contribution >= 0.6 is 35.2 Å². The molecule has 27 heavy (non-hydrogen) atoms. The Morgan fingerprint density at radius 2 is 1.81 bits per heavy atom. The van der Waals surface area contributed by atoms with Crippen molar-refractivity contribution in [2.45, 2.75) is 19.8 Å². The van der Waals surface area contributed by atoms with Crippen LogP contribution in [-0.4, -0.2) is 22.8 Å². The Hall–Kier alpha value is -2.49. The zero-order chi connectivity index (χ0) is 19.8. The maximum atomic E-state index is 12.0. The molecule has 7 nitrogen and oxygen atoms in total. The van der Waals surface area contributed by atoms with Crippen molar-refractivity contribution in [1.29, 1.82) is 0 Å². The van der Waals surface area contributed by atoms with Gasteiger partial charge < -0.3 is 5.32 Å². The van der Waals surface area contributed by atoms with Crippen molar-refractivity contribution in [2.24, 2.45) is 0 Å². The van der Waals surface area contributed by atoms with Crippen LogP contribution in [0.1, 0.15) is 28.1 Å². The number of carbonyl (C=O) groups is 3. The van der Waals surface area contributed by atoms with Gasteiger partial charge >= 0.3 is 0 Å². The minimum Gasteiger partial charge on any atom is -0.326 e. The van der Waals surface area contributed by atoms with E-state index in [9.17, 15) is 14.4 Å². The SMILES string of the molecule is Cc1c(Cl)cccc1NC(=O)CCC(=O)NNC(=S)NC(=O)c1cccs1. The van der Waals surface area contributed by atoms with Gasteiger partial charge in [0.15, 0.2) is 5.11 Å². The molecule has 0 saturated carbocycles. The van der Waals surface area contributed by atoms with E-state index < -0.39 is 5.91 Å². The van der Waals surface area contributed by atoms with E-state index in [1.54, 1.807) is 42.6 Å². The fourth-order valence-corrected chi connectivity index (χ4v) is 2.91. The van der Waals surface area contributed by atoms with Crippen molar-refractivity contribution in [1.82, 2.24) is 16.2 Å². The van der Waals surface area contributed by atoms with E-state index in [-0.39, 0.29) is 29.8 Å². The van der Waals surface area contributed by atoms with E-state index in [0.717, 1.165) is 5.56 Å². The Kier molecular flexibility index (Phi) is 7.71. The monoisotopic (exact) mass is 424 g/mol. The van der Waals surface area contributed by atoms with Gasteiger partial charge in [-0.1, -0.05) is 23.7 Å². The molecule has 0 fully saturated rings. The van der Waals surface area contributed by atoms with Crippen LogP contribution in [0, 0.1) is 6.92 Å². The molecule has 2 rings (SSSR count). The van der Waals surface area contributed by atoms with Gasteiger partial charge in [-0.15, -0.1) is 11.3 Å². The minimum absolute atomic E-state index is 0.0201. The predicted molar refractivity (Wildman–Crippen MR) is 110 cm³/mol. The Morgan fingerprint density at radius 3 is 2.52 bits per heavy atom. The highest BCUT2D eigenvalue weighted by molar-refractivity contribution is 7.80. The number of hydrogen-bond acceptors (Lipinski definition) is 5. The Balaban J connectivity index is 1.69. The maximum absolute atomic E-state index is 12.0. The molecule has 1 aromatic carbocycles. The van der Waals surface area contributed by atoms with Crippen LogP contribution < -0.4 is 21.5 Å². The third-order valence-electron chi connectivity index (χ3n) is 3.41. The summed E-state index contributed by atoms with van der Waals surface area (Å²) in [5, 5.41) is 7.41. The minimum atomic E-state index is -0.444. The van der Waals surface area contributed by atoms with Crippen molar-refractivity contribution in [2.75, 3.05) is 5.32 Å². The summed E-state index contributed by atoms with van der Waals surface area (Å²) >= 11 is 12.2. The fraction of sp³-hybridized carbons (Fsp3) is 0.176. The number of nitrogens with one attached hydrogen (secondary N) is 4. The molecule has 0 unspecified atom stereocenters. The lowest BCUT2D eigenvalue weighted by atomic mass is 10.2. The second kappa shape index (κ2) is 10.0. The molecule has 0 aliphatic carbocycles. The zero-order valence-corrected chi connectivity index (χ0v) is 16.7. The molecule has 0 saturated heterocycles. The van der Waals surface area contributed by atoms with Crippen molar-refractivity contribution in [3.63, 3.8) is 0 Å². The lowest BCUT2D eigenvalue weighted by Gasteiger charge is -2.11. The normalized spacial score (nSPS) is 10.0. The highest BCUT2D eigenvalue weighted by Crippen LogP contribution is 2.23. The predicted octanol–water partition coefficient (Wildman–Crippen LogP) is 2.76. The molecule has 0 aliphatic heterocycles. The van der Waals surface area contributed by atoms with E-state index in [1.165, 1.54) is 11.3 Å². The van der Waals surface area contributed by atoms with Gasteiger partial charge in [-0.3, -0.25) is 30.6 Å². The van der Waals surface area contributed by atoms with Crippen LogP contribution in [0.25, 0.3) is 0 Å². The first-order chi connectivity index (χ1) is 12.9. The summed E-state index contributed by atoms with van der Waals surface area (Å²) in [6, 6.07) is 8.59. The van der Waals surface area contributed by atoms with Gasteiger partial charge in [0.1, 0.15) is 0 Å². The Labute approximate surface area is 170 Å². The number of rotatable bonds is 5. The second-order valence-electron chi connectivity index (χ2n) is 5.39. The van der Waals surface area contributed by atoms with E-state index in [2.05, 4.69) is 21.5 Å². The molecule has 1 heterocycles. The number of thiophene rings is 1. The maximum Gasteiger partial charge on any atom is 0.267 e. The summed E-state index contributed by atoms with van der Waals surface area (Å²) < 4.78 is 0. The molecule has 4 N–H and O–H groups in total. The number of amides is 3. The molecular weight excluding hydrogens is 408 g/mol. The van der Waals surface area contributed by atoms with Gasteiger partial charge in [0.05, 0.1) is 4.88 Å². The molecule has 1 aromatic heterocycles. The van der Waals surface area contributed by atoms with E-state index in [1.807, 2.05) is 0 Å². The number of benzene rings is 1. The Bertz CT molecular complexity index is 856. The third kappa shape index (κ3) is 6.63. The lowest BCUT2D eigenvalue weighted by Crippen LogP contribution is -2.48. The summed E-state index contributed by atoms with van der Waals surface area (Å²) in [5.74, 6) is -1.13. The van der Waals surface area contributed by atoms with Crippen molar-refractivity contribution < 1.29 is 14.4 Å². The van der Waals surface area contributed by atoms with Gasteiger partial charge in [-0.25, -0.2) is 0 Å². The number of hydrazine groups is 1. The summed E-state index contributed by atoms with van der Waals surface area (Å²) in [7, 11) is 0. The van der Waals surface area contributed by atoms with Crippen LogP contribution in [0.15, 0.2) is 35.7 Å². The van der Waals surface area contributed by atoms with Gasteiger partial charge in [-0.05, 0) is 48.3 Å². The van der Waals surface area contributed by atoms with E-state index in [4.69, 9.17) is 23.8 Å². The summed E-state index contributed by atoms with van der Waals surface area (Å²) in [6.07, 6.45) is -0.0757. The number of carbonyl (C=O) groups excluding carboxylic acids is 3. The fourth-order valence-electron chi connectivity index (χ4n) is 1.98. The van der Waals surface area contributed by atoms with Crippen molar-refractivity contribution in [3.8, 4) is 0 Å². The van der Waals surface area contributed by atoms with Gasteiger partial charge in [0, 0.05) is 23.6 Å². The summed E-state index contributed by atoms with van der Waals surface area (Å²) in [6.45, 7) is 1.79. The topological polar surface area (TPSA) is 99.3 Å². The van der Waals surface area contributed by atoms with E-state index >= 15 is 0 Å².